The standard InChI is InChI=1S/C18H19N3O2/c1-3-21(4-2)12-9-10-14(16(22)11-12)17-19-15-8-6-5-7-13(15)18(23)20-17/h5-11,22H,3-4H2,1-2H3,(H,19,20,23). The molecule has 5 nitrogen and oxygen atoms in total. The summed E-state index contributed by atoms with van der Waals surface area (Å²) in [6.07, 6.45) is 0. The number of aromatic nitrogens is 2. The van der Waals surface area contributed by atoms with Crippen molar-refractivity contribution in [2.45, 2.75) is 13.8 Å². The van der Waals surface area contributed by atoms with Gasteiger partial charge in [-0.05, 0) is 38.1 Å². The number of para-hydroxylation sites is 1. The van der Waals surface area contributed by atoms with Gasteiger partial charge < -0.3 is 15.0 Å². The number of aromatic amines is 1. The van der Waals surface area contributed by atoms with Gasteiger partial charge in [0.05, 0.1) is 16.5 Å². The molecule has 1 heterocycles. The largest absolute Gasteiger partial charge is 0.507 e. The van der Waals surface area contributed by atoms with E-state index < -0.39 is 0 Å². The molecule has 0 aliphatic rings. The number of hydrogen-bond donors (Lipinski definition) is 2. The van der Waals surface area contributed by atoms with Crippen molar-refractivity contribution in [2.24, 2.45) is 0 Å². The van der Waals surface area contributed by atoms with E-state index in [1.807, 2.05) is 12.1 Å². The number of phenols is 1. The van der Waals surface area contributed by atoms with Crippen molar-refractivity contribution in [3.05, 3.63) is 52.8 Å². The summed E-state index contributed by atoms with van der Waals surface area (Å²) in [7, 11) is 0. The van der Waals surface area contributed by atoms with Gasteiger partial charge in [-0.1, -0.05) is 12.1 Å². The van der Waals surface area contributed by atoms with Gasteiger partial charge in [0.15, 0.2) is 0 Å². The molecule has 2 aromatic carbocycles. The number of benzene rings is 2. The smallest absolute Gasteiger partial charge is 0.259 e. The topological polar surface area (TPSA) is 69.2 Å². The van der Waals surface area contributed by atoms with Gasteiger partial charge in [-0.3, -0.25) is 4.79 Å². The van der Waals surface area contributed by atoms with Crippen molar-refractivity contribution < 1.29 is 5.11 Å². The molecule has 2 N–H and O–H groups in total. The Kier molecular flexibility index (Phi) is 4.02. The second-order valence-corrected chi connectivity index (χ2v) is 5.31. The van der Waals surface area contributed by atoms with Gasteiger partial charge >= 0.3 is 0 Å². The summed E-state index contributed by atoms with van der Waals surface area (Å²) >= 11 is 0. The maximum absolute atomic E-state index is 12.2. The molecule has 0 bridgehead atoms. The predicted octanol–water partition coefficient (Wildman–Crippen LogP) is 3.14. The molecule has 0 aliphatic heterocycles. The third-order valence-electron chi connectivity index (χ3n) is 3.98. The van der Waals surface area contributed by atoms with Crippen molar-refractivity contribution in [2.75, 3.05) is 18.0 Å². The first-order valence-corrected chi connectivity index (χ1v) is 7.71. The van der Waals surface area contributed by atoms with Crippen LogP contribution in [-0.4, -0.2) is 28.2 Å². The van der Waals surface area contributed by atoms with E-state index in [4.69, 9.17) is 0 Å². The van der Waals surface area contributed by atoms with Crippen LogP contribution in [0.5, 0.6) is 5.75 Å². The number of nitrogens with zero attached hydrogens (tertiary/aromatic N) is 2. The molecule has 3 rings (SSSR count). The van der Waals surface area contributed by atoms with E-state index in [-0.39, 0.29) is 11.3 Å². The fourth-order valence-electron chi connectivity index (χ4n) is 2.72. The Balaban J connectivity index is 2.10. The zero-order valence-electron chi connectivity index (χ0n) is 13.2. The third kappa shape index (κ3) is 2.77. The van der Waals surface area contributed by atoms with Crippen LogP contribution in [-0.2, 0) is 0 Å². The number of fused-ring (bicyclic) bond motifs is 1. The number of aromatic hydroxyl groups is 1. The molecule has 118 valence electrons. The molecule has 3 aromatic rings. The van der Waals surface area contributed by atoms with Gasteiger partial charge in [0.1, 0.15) is 11.6 Å². The molecule has 0 radical (unpaired) electrons. The number of hydrogen-bond acceptors (Lipinski definition) is 4. The molecule has 0 saturated carbocycles. The summed E-state index contributed by atoms with van der Waals surface area (Å²) in [5, 5.41) is 10.9. The van der Waals surface area contributed by atoms with Gasteiger partial charge in [-0.15, -0.1) is 0 Å². The Hall–Kier alpha value is -2.82. The molecule has 5 heteroatoms. The van der Waals surface area contributed by atoms with Crippen LogP contribution in [0.1, 0.15) is 13.8 Å². The van der Waals surface area contributed by atoms with Crippen molar-refractivity contribution in [1.82, 2.24) is 9.97 Å². The Morgan fingerprint density at radius 1 is 1.13 bits per heavy atom. The maximum Gasteiger partial charge on any atom is 0.259 e. The first kappa shape index (κ1) is 15.1. The molecule has 0 unspecified atom stereocenters. The highest BCUT2D eigenvalue weighted by Gasteiger charge is 2.12. The zero-order valence-corrected chi connectivity index (χ0v) is 13.2. The van der Waals surface area contributed by atoms with Gasteiger partial charge in [-0.25, -0.2) is 4.98 Å². The fraction of sp³-hybridized carbons (Fsp3) is 0.222. The second kappa shape index (κ2) is 6.12. The number of rotatable bonds is 4. The van der Waals surface area contributed by atoms with E-state index in [0.717, 1.165) is 18.8 Å². The van der Waals surface area contributed by atoms with E-state index >= 15 is 0 Å². The van der Waals surface area contributed by atoms with Crippen LogP contribution in [0.3, 0.4) is 0 Å². The van der Waals surface area contributed by atoms with Crippen LogP contribution in [0.2, 0.25) is 0 Å². The molecule has 0 atom stereocenters. The number of nitrogens with one attached hydrogen (secondary N) is 1. The van der Waals surface area contributed by atoms with Gasteiger partial charge in [0.25, 0.3) is 5.56 Å². The Labute approximate surface area is 134 Å². The quantitative estimate of drug-likeness (QED) is 0.777. The van der Waals surface area contributed by atoms with Crippen LogP contribution < -0.4 is 10.5 Å². The van der Waals surface area contributed by atoms with Crippen molar-refractivity contribution in [3.63, 3.8) is 0 Å². The summed E-state index contributed by atoms with van der Waals surface area (Å²) in [5.74, 6) is 0.477. The van der Waals surface area contributed by atoms with E-state index in [2.05, 4.69) is 28.7 Å². The minimum absolute atomic E-state index is 0.104. The summed E-state index contributed by atoms with van der Waals surface area (Å²) in [4.78, 5) is 21.5. The van der Waals surface area contributed by atoms with Gasteiger partial charge in [0.2, 0.25) is 0 Å². The SMILES string of the molecule is CCN(CC)c1ccc(-c2nc3ccccc3c(=O)[nH]2)c(O)c1. The summed E-state index contributed by atoms with van der Waals surface area (Å²) in [6, 6.07) is 12.6. The average molecular weight is 309 g/mol. The summed E-state index contributed by atoms with van der Waals surface area (Å²) < 4.78 is 0. The van der Waals surface area contributed by atoms with Crippen LogP contribution in [0, 0.1) is 0 Å². The number of phenolic OH excluding ortho intramolecular Hbond substituents is 1. The monoisotopic (exact) mass is 309 g/mol. The van der Waals surface area contributed by atoms with Gasteiger partial charge in [-0.2, -0.15) is 0 Å². The normalized spacial score (nSPS) is 10.9. The third-order valence-corrected chi connectivity index (χ3v) is 3.98. The number of anilines is 1. The van der Waals surface area contributed by atoms with Crippen molar-refractivity contribution in [1.29, 1.82) is 0 Å². The summed E-state index contributed by atoms with van der Waals surface area (Å²) in [5.41, 5.74) is 1.86. The van der Waals surface area contributed by atoms with Gasteiger partial charge in [0, 0.05) is 24.8 Å². The van der Waals surface area contributed by atoms with Crippen LogP contribution in [0.4, 0.5) is 5.69 Å². The molecular formula is C18H19N3O2. The highest BCUT2D eigenvalue weighted by molar-refractivity contribution is 5.80. The van der Waals surface area contributed by atoms with E-state index in [1.54, 1.807) is 30.3 Å². The second-order valence-electron chi connectivity index (χ2n) is 5.31. The lowest BCUT2D eigenvalue weighted by atomic mass is 10.1. The fourth-order valence-corrected chi connectivity index (χ4v) is 2.72. The Morgan fingerprint density at radius 3 is 2.57 bits per heavy atom. The van der Waals surface area contributed by atoms with Crippen LogP contribution in [0.25, 0.3) is 22.3 Å². The Bertz CT molecular complexity index is 898. The lowest BCUT2D eigenvalue weighted by Crippen LogP contribution is -2.21. The number of H-pyrrole nitrogens is 1. The highest BCUT2D eigenvalue weighted by Crippen LogP contribution is 2.31. The minimum atomic E-state index is -0.210. The van der Waals surface area contributed by atoms with E-state index in [0.29, 0.717) is 22.3 Å². The van der Waals surface area contributed by atoms with E-state index in [9.17, 15) is 9.90 Å². The highest BCUT2D eigenvalue weighted by atomic mass is 16.3. The maximum atomic E-state index is 12.2. The van der Waals surface area contributed by atoms with Crippen LogP contribution >= 0.6 is 0 Å². The lowest BCUT2D eigenvalue weighted by Gasteiger charge is -2.21. The lowest BCUT2D eigenvalue weighted by molar-refractivity contribution is 0.477. The molecule has 1 aromatic heterocycles. The molecule has 0 aliphatic carbocycles. The van der Waals surface area contributed by atoms with Crippen molar-refractivity contribution in [3.8, 4) is 17.1 Å². The first-order chi connectivity index (χ1) is 11.1. The van der Waals surface area contributed by atoms with Crippen LogP contribution in [0.15, 0.2) is 47.3 Å². The Morgan fingerprint density at radius 2 is 1.87 bits per heavy atom. The molecule has 0 spiro atoms. The van der Waals surface area contributed by atoms with E-state index in [1.165, 1.54) is 0 Å². The molecule has 0 fully saturated rings. The predicted molar refractivity (Wildman–Crippen MR) is 93.0 cm³/mol. The first-order valence-electron chi connectivity index (χ1n) is 7.71. The molecular weight excluding hydrogens is 290 g/mol. The molecule has 0 amide bonds. The zero-order chi connectivity index (χ0) is 16.4. The van der Waals surface area contributed by atoms with Crippen molar-refractivity contribution >= 4 is 16.6 Å². The average Bonchev–Trinajstić information content (AvgIpc) is 2.56. The summed E-state index contributed by atoms with van der Waals surface area (Å²) in [6.45, 7) is 5.86. The molecule has 0 saturated heterocycles. The molecule has 23 heavy (non-hydrogen) atoms. The minimum Gasteiger partial charge on any atom is -0.507 e.